The number of hydrogen-bond donors (Lipinski definition) is 0. The molecular formula is C22H25F3NO2+. The Balaban J connectivity index is 2.05. The second-order valence-corrected chi connectivity index (χ2v) is 7.96. The molecule has 0 N–H and O–H groups in total. The Bertz CT molecular complexity index is 901. The Morgan fingerprint density at radius 1 is 1.00 bits per heavy atom. The van der Waals surface area contributed by atoms with Gasteiger partial charge in [0.15, 0.2) is 23.7 Å². The van der Waals surface area contributed by atoms with E-state index in [0.29, 0.717) is 18.8 Å². The van der Waals surface area contributed by atoms with Crippen LogP contribution in [0.2, 0.25) is 0 Å². The van der Waals surface area contributed by atoms with E-state index in [2.05, 4.69) is 18.4 Å². The third kappa shape index (κ3) is 2.40. The summed E-state index contributed by atoms with van der Waals surface area (Å²) in [4.78, 5) is 0. The molecule has 2 atom stereocenters. The number of aromatic nitrogens is 1. The van der Waals surface area contributed by atoms with Gasteiger partial charge < -0.3 is 9.47 Å². The first kappa shape index (κ1) is 19.4. The highest BCUT2D eigenvalue weighted by Gasteiger charge is 2.70. The summed E-state index contributed by atoms with van der Waals surface area (Å²) < 4.78 is 55.1. The molecule has 5 rings (SSSR count). The number of alkyl halides is 3. The van der Waals surface area contributed by atoms with Gasteiger partial charge in [0.2, 0.25) is 0 Å². The smallest absolute Gasteiger partial charge is 0.348 e. The Morgan fingerprint density at radius 3 is 2.29 bits per heavy atom. The van der Waals surface area contributed by atoms with Crippen LogP contribution in [0.4, 0.5) is 13.2 Å². The van der Waals surface area contributed by atoms with Gasteiger partial charge >= 0.3 is 6.18 Å². The molecule has 3 nitrogen and oxygen atoms in total. The first-order chi connectivity index (χ1) is 13.2. The lowest BCUT2D eigenvalue weighted by Crippen LogP contribution is -2.71. The van der Waals surface area contributed by atoms with E-state index in [-0.39, 0.29) is 6.04 Å². The van der Waals surface area contributed by atoms with Gasteiger partial charge in [-0.1, -0.05) is 12.1 Å². The van der Waals surface area contributed by atoms with Gasteiger partial charge in [-0.2, -0.15) is 17.7 Å². The Labute approximate surface area is 163 Å². The lowest BCUT2D eigenvalue weighted by Gasteiger charge is -2.57. The number of nitrogens with zero attached hydrogens (tertiary/aromatic N) is 1. The third-order valence-corrected chi connectivity index (χ3v) is 6.20. The fourth-order valence-electron chi connectivity index (χ4n) is 5.22. The van der Waals surface area contributed by atoms with E-state index in [0.717, 1.165) is 11.3 Å². The lowest BCUT2D eigenvalue weighted by molar-refractivity contribution is -0.755. The summed E-state index contributed by atoms with van der Waals surface area (Å²) in [5.74, 6) is -1.49. The molecule has 0 saturated heterocycles. The van der Waals surface area contributed by atoms with Gasteiger partial charge in [0, 0.05) is 30.9 Å². The van der Waals surface area contributed by atoms with Crippen LogP contribution in [0.1, 0.15) is 62.0 Å². The fourth-order valence-corrected chi connectivity index (χ4v) is 5.22. The van der Waals surface area contributed by atoms with Gasteiger partial charge in [0.05, 0.1) is 11.0 Å². The van der Waals surface area contributed by atoms with E-state index in [1.54, 1.807) is 6.07 Å². The van der Waals surface area contributed by atoms with Gasteiger partial charge in [-0.25, -0.2) is 0 Å². The molecule has 1 aromatic heterocycles. The molecule has 0 spiro atoms. The summed E-state index contributed by atoms with van der Waals surface area (Å²) in [6.45, 7) is 8.77. The maximum absolute atomic E-state index is 13.5. The molecule has 6 heteroatoms. The molecule has 0 radical (unpaired) electrons. The van der Waals surface area contributed by atoms with Crippen LogP contribution in [-0.2, 0) is 15.7 Å². The first-order valence-corrected chi connectivity index (χ1v) is 9.68. The zero-order chi connectivity index (χ0) is 20.3. The van der Waals surface area contributed by atoms with Crippen molar-refractivity contribution in [1.29, 1.82) is 0 Å². The van der Waals surface area contributed by atoms with E-state index in [1.165, 1.54) is 12.1 Å². The molecule has 2 bridgehead atoms. The normalized spacial score (nSPS) is 24.0. The third-order valence-electron chi connectivity index (χ3n) is 6.20. The maximum atomic E-state index is 13.5. The number of fused-ring (bicyclic) bond motifs is 1. The topological polar surface area (TPSA) is 22.3 Å². The summed E-state index contributed by atoms with van der Waals surface area (Å²) in [5, 5.41) is 0. The molecule has 0 unspecified atom stereocenters. The van der Waals surface area contributed by atoms with Gasteiger partial charge in [-0.05, 0) is 45.4 Å². The Morgan fingerprint density at radius 2 is 1.68 bits per heavy atom. The van der Waals surface area contributed by atoms with Crippen molar-refractivity contribution in [2.75, 3.05) is 13.2 Å². The van der Waals surface area contributed by atoms with Crippen molar-refractivity contribution in [1.82, 2.24) is 0 Å². The van der Waals surface area contributed by atoms with Crippen molar-refractivity contribution in [3.63, 3.8) is 0 Å². The fraction of sp³-hybridized carbons (Fsp3) is 0.500. The van der Waals surface area contributed by atoms with Crippen LogP contribution in [0, 0.1) is 5.41 Å². The highest BCUT2D eigenvalue weighted by atomic mass is 19.4. The standard InChI is InChI=1S/C22H25F3NO2/c1-5-27-21(28-6-2)18-16-13-14(22(23,24)25)10-11-15(16)19(20(21,3)4)26-12-8-7-9-17(18)26/h7-13,18-19H,5-6H2,1-4H3/q+1/t18-,19-/m0/s1. The second kappa shape index (κ2) is 6.29. The molecule has 2 aromatic rings. The highest BCUT2D eigenvalue weighted by molar-refractivity contribution is 5.48. The van der Waals surface area contributed by atoms with Crippen LogP contribution < -0.4 is 4.57 Å². The van der Waals surface area contributed by atoms with Crippen molar-refractivity contribution in [2.24, 2.45) is 5.41 Å². The summed E-state index contributed by atoms with van der Waals surface area (Å²) >= 11 is 0. The van der Waals surface area contributed by atoms with Crippen molar-refractivity contribution in [3.05, 3.63) is 65.0 Å². The monoisotopic (exact) mass is 392 g/mol. The molecule has 3 heterocycles. The molecule has 0 saturated carbocycles. The van der Waals surface area contributed by atoms with E-state index in [1.807, 2.05) is 38.2 Å². The SMILES string of the molecule is CCOC1(OCC)[C@H]2c3cc(C(F)(F)F)ccc3[C@H]([n+]3ccccc32)C1(C)C. The number of halogens is 3. The zero-order valence-electron chi connectivity index (χ0n) is 16.5. The molecule has 2 aliphatic heterocycles. The summed E-state index contributed by atoms with van der Waals surface area (Å²) in [7, 11) is 0. The predicted molar refractivity (Wildman–Crippen MR) is 97.8 cm³/mol. The minimum absolute atomic E-state index is 0.191. The number of pyridine rings is 1. The van der Waals surface area contributed by atoms with Crippen molar-refractivity contribution in [3.8, 4) is 0 Å². The summed E-state index contributed by atoms with van der Waals surface area (Å²) in [6.07, 6.45) is -2.40. The van der Waals surface area contributed by atoms with Crippen LogP contribution in [0.5, 0.6) is 0 Å². The molecule has 0 amide bonds. The molecular weight excluding hydrogens is 367 g/mol. The summed E-state index contributed by atoms with van der Waals surface area (Å²) in [6, 6.07) is 9.73. The van der Waals surface area contributed by atoms with Gasteiger partial charge in [0.25, 0.3) is 0 Å². The van der Waals surface area contributed by atoms with Crippen LogP contribution in [0.25, 0.3) is 0 Å². The molecule has 0 fully saturated rings. The van der Waals surface area contributed by atoms with Gasteiger partial charge in [0.1, 0.15) is 5.92 Å². The molecule has 3 aliphatic rings. The predicted octanol–water partition coefficient (Wildman–Crippen LogP) is 4.84. The van der Waals surface area contributed by atoms with E-state index < -0.39 is 28.9 Å². The zero-order valence-corrected chi connectivity index (χ0v) is 16.5. The van der Waals surface area contributed by atoms with Crippen LogP contribution in [-0.4, -0.2) is 19.0 Å². The van der Waals surface area contributed by atoms with Crippen LogP contribution >= 0.6 is 0 Å². The van der Waals surface area contributed by atoms with Crippen LogP contribution in [0.3, 0.4) is 0 Å². The van der Waals surface area contributed by atoms with E-state index in [9.17, 15) is 13.2 Å². The van der Waals surface area contributed by atoms with Crippen LogP contribution in [0.15, 0.2) is 42.6 Å². The average Bonchev–Trinajstić information content (AvgIpc) is 2.63. The van der Waals surface area contributed by atoms with Crippen molar-refractivity contribution >= 4 is 0 Å². The largest absolute Gasteiger partial charge is 0.416 e. The Hall–Kier alpha value is -1.92. The molecule has 150 valence electrons. The minimum Gasteiger partial charge on any atom is -0.348 e. The van der Waals surface area contributed by atoms with E-state index >= 15 is 0 Å². The Kier molecular flexibility index (Phi) is 4.36. The van der Waals surface area contributed by atoms with E-state index in [4.69, 9.17) is 9.47 Å². The molecule has 28 heavy (non-hydrogen) atoms. The number of hydrogen-bond acceptors (Lipinski definition) is 2. The average molecular weight is 392 g/mol. The van der Waals surface area contributed by atoms with Gasteiger partial charge in [-0.15, -0.1) is 0 Å². The van der Waals surface area contributed by atoms with Crippen molar-refractivity contribution < 1.29 is 27.2 Å². The minimum atomic E-state index is -4.40. The van der Waals surface area contributed by atoms with Crippen molar-refractivity contribution in [2.45, 2.75) is 51.6 Å². The number of rotatable bonds is 4. The molecule has 1 aliphatic carbocycles. The molecule has 1 aromatic carbocycles. The highest BCUT2D eigenvalue weighted by Crippen LogP contribution is 2.62. The summed E-state index contributed by atoms with van der Waals surface area (Å²) in [5.41, 5.74) is 1.34. The first-order valence-electron chi connectivity index (χ1n) is 9.68. The maximum Gasteiger partial charge on any atom is 0.416 e. The second-order valence-electron chi connectivity index (χ2n) is 7.96. The van der Waals surface area contributed by atoms with Gasteiger partial charge in [-0.3, -0.25) is 0 Å². The number of benzene rings is 1. The quantitative estimate of drug-likeness (QED) is 0.549. The lowest BCUT2D eigenvalue weighted by atomic mass is 9.57. The number of ether oxygens (including phenoxy) is 2.